The van der Waals surface area contributed by atoms with Crippen molar-refractivity contribution in [2.45, 2.75) is 12.5 Å². The first-order valence-corrected chi connectivity index (χ1v) is 9.19. The minimum absolute atomic E-state index is 0.112. The quantitative estimate of drug-likeness (QED) is 0.680. The van der Waals surface area contributed by atoms with Crippen LogP contribution in [0.15, 0.2) is 36.4 Å². The van der Waals surface area contributed by atoms with E-state index in [9.17, 15) is 18.8 Å². The number of nitrogens with one attached hydrogen (secondary N) is 2. The molecule has 0 aliphatic carbocycles. The zero-order chi connectivity index (χ0) is 22.1. The second-order valence-corrected chi connectivity index (χ2v) is 7.12. The Morgan fingerprint density at radius 2 is 1.87 bits per heavy atom. The topological polar surface area (TPSA) is 97.0 Å². The molecule has 0 bridgehead atoms. The van der Waals surface area contributed by atoms with E-state index in [4.69, 9.17) is 21.1 Å². The van der Waals surface area contributed by atoms with E-state index in [1.54, 1.807) is 18.2 Å². The third-order valence-corrected chi connectivity index (χ3v) is 4.98. The van der Waals surface area contributed by atoms with Gasteiger partial charge in [-0.25, -0.2) is 9.18 Å². The Hall–Kier alpha value is -3.33. The van der Waals surface area contributed by atoms with Gasteiger partial charge in [-0.3, -0.25) is 14.5 Å². The van der Waals surface area contributed by atoms with Crippen LogP contribution in [0.2, 0.25) is 5.02 Å². The van der Waals surface area contributed by atoms with Crippen LogP contribution in [0.4, 0.5) is 14.9 Å². The van der Waals surface area contributed by atoms with Gasteiger partial charge in [-0.05, 0) is 42.8 Å². The fraction of sp³-hybridized carbons (Fsp3) is 0.250. The van der Waals surface area contributed by atoms with E-state index in [-0.39, 0.29) is 10.7 Å². The number of imide groups is 1. The number of urea groups is 1. The lowest BCUT2D eigenvalue weighted by atomic mass is 9.91. The van der Waals surface area contributed by atoms with Gasteiger partial charge in [-0.1, -0.05) is 17.7 Å². The van der Waals surface area contributed by atoms with Crippen molar-refractivity contribution in [1.29, 1.82) is 0 Å². The summed E-state index contributed by atoms with van der Waals surface area (Å²) in [6.07, 6.45) is 0. The molecule has 2 aromatic rings. The molecule has 0 aromatic heterocycles. The Kier molecular flexibility index (Phi) is 5.84. The van der Waals surface area contributed by atoms with E-state index in [1.165, 1.54) is 33.3 Å². The molecule has 2 N–H and O–H groups in total. The van der Waals surface area contributed by atoms with E-state index >= 15 is 0 Å². The SMILES string of the molecule is COc1ccc(C2(C)NC(=O)N(CC(=O)Nc3ccc(Cl)cc3F)C2=O)cc1OC. The Balaban J connectivity index is 1.79. The van der Waals surface area contributed by atoms with Crippen LogP contribution in [0.25, 0.3) is 0 Å². The number of halogens is 2. The van der Waals surface area contributed by atoms with Crippen LogP contribution in [0.1, 0.15) is 12.5 Å². The Morgan fingerprint density at radius 3 is 2.50 bits per heavy atom. The average Bonchev–Trinajstić information content (AvgIpc) is 2.93. The predicted octanol–water partition coefficient (Wildman–Crippen LogP) is 2.90. The Bertz CT molecular complexity index is 1030. The van der Waals surface area contributed by atoms with Gasteiger partial charge in [0.1, 0.15) is 17.9 Å². The molecule has 1 heterocycles. The summed E-state index contributed by atoms with van der Waals surface area (Å²) >= 11 is 5.68. The summed E-state index contributed by atoms with van der Waals surface area (Å²) in [6.45, 7) is 0.931. The van der Waals surface area contributed by atoms with Crippen LogP contribution in [0.5, 0.6) is 11.5 Å². The number of carbonyl (C=O) groups is 3. The van der Waals surface area contributed by atoms with Gasteiger partial charge in [0.25, 0.3) is 5.91 Å². The van der Waals surface area contributed by atoms with E-state index in [1.807, 2.05) is 0 Å². The highest BCUT2D eigenvalue weighted by Crippen LogP contribution is 2.35. The molecular weight excluding hydrogens is 417 g/mol. The van der Waals surface area contributed by atoms with E-state index in [0.717, 1.165) is 11.0 Å². The first-order chi connectivity index (χ1) is 14.2. The van der Waals surface area contributed by atoms with Gasteiger partial charge in [0, 0.05) is 5.02 Å². The first kappa shape index (κ1) is 21.4. The molecule has 1 fully saturated rings. The van der Waals surface area contributed by atoms with E-state index < -0.39 is 35.7 Å². The highest BCUT2D eigenvalue weighted by atomic mass is 35.5. The third-order valence-electron chi connectivity index (χ3n) is 4.74. The van der Waals surface area contributed by atoms with Crippen molar-refractivity contribution in [3.05, 3.63) is 52.8 Å². The molecule has 30 heavy (non-hydrogen) atoms. The van der Waals surface area contributed by atoms with E-state index in [2.05, 4.69) is 10.6 Å². The number of rotatable bonds is 6. The fourth-order valence-electron chi connectivity index (χ4n) is 3.11. The van der Waals surface area contributed by atoms with Crippen molar-refractivity contribution in [3.8, 4) is 11.5 Å². The summed E-state index contributed by atoms with van der Waals surface area (Å²) in [4.78, 5) is 38.5. The summed E-state index contributed by atoms with van der Waals surface area (Å²) in [5, 5.41) is 5.09. The number of ether oxygens (including phenoxy) is 2. The maximum absolute atomic E-state index is 13.9. The molecule has 10 heteroatoms. The average molecular weight is 436 g/mol. The Labute approximate surface area is 176 Å². The van der Waals surface area contributed by atoms with Gasteiger partial charge in [0.15, 0.2) is 11.5 Å². The molecule has 0 radical (unpaired) electrons. The lowest BCUT2D eigenvalue weighted by Crippen LogP contribution is -2.42. The number of hydrogen-bond acceptors (Lipinski definition) is 5. The van der Waals surface area contributed by atoms with Gasteiger partial charge in [-0.2, -0.15) is 0 Å². The number of anilines is 1. The van der Waals surface area contributed by atoms with E-state index in [0.29, 0.717) is 17.1 Å². The molecule has 1 saturated heterocycles. The molecule has 1 aliphatic heterocycles. The number of nitrogens with zero attached hydrogens (tertiary/aromatic N) is 1. The summed E-state index contributed by atoms with van der Waals surface area (Å²) in [5.74, 6) is -1.26. The maximum Gasteiger partial charge on any atom is 0.325 e. The number of benzene rings is 2. The molecule has 4 amide bonds. The second kappa shape index (κ2) is 8.19. The maximum atomic E-state index is 13.9. The van der Waals surface area contributed by atoms with Gasteiger partial charge in [-0.15, -0.1) is 0 Å². The standard InChI is InChI=1S/C20H19ClFN3O5/c1-20(11-4-7-15(29-2)16(8-11)30-3)18(27)25(19(28)24-20)10-17(26)23-14-6-5-12(21)9-13(14)22/h4-9H,10H2,1-3H3,(H,23,26)(H,24,28). The van der Waals surface area contributed by atoms with Crippen molar-refractivity contribution < 1.29 is 28.2 Å². The highest BCUT2D eigenvalue weighted by molar-refractivity contribution is 6.30. The normalized spacial score (nSPS) is 18.2. The molecule has 1 unspecified atom stereocenters. The van der Waals surface area contributed by atoms with Gasteiger partial charge in [0.05, 0.1) is 19.9 Å². The smallest absolute Gasteiger partial charge is 0.325 e. The van der Waals surface area contributed by atoms with Gasteiger partial charge >= 0.3 is 6.03 Å². The van der Waals surface area contributed by atoms with Gasteiger partial charge in [0.2, 0.25) is 5.91 Å². The lowest BCUT2D eigenvalue weighted by molar-refractivity contribution is -0.133. The molecule has 1 atom stereocenters. The molecule has 1 aliphatic rings. The number of carbonyl (C=O) groups excluding carboxylic acids is 3. The molecule has 0 spiro atoms. The summed E-state index contributed by atoms with van der Waals surface area (Å²) in [5.41, 5.74) is -1.08. The van der Waals surface area contributed by atoms with Crippen LogP contribution < -0.4 is 20.1 Å². The molecular formula is C20H19ClFN3O5. The van der Waals surface area contributed by atoms with Gasteiger partial charge < -0.3 is 20.1 Å². The van der Waals surface area contributed by atoms with Crippen molar-refractivity contribution in [2.24, 2.45) is 0 Å². The summed E-state index contributed by atoms with van der Waals surface area (Å²) in [6, 6.07) is 7.79. The van der Waals surface area contributed by atoms with Crippen molar-refractivity contribution in [3.63, 3.8) is 0 Å². The predicted molar refractivity (Wildman–Crippen MR) is 107 cm³/mol. The van der Waals surface area contributed by atoms with Crippen molar-refractivity contribution in [1.82, 2.24) is 10.2 Å². The molecule has 8 nitrogen and oxygen atoms in total. The lowest BCUT2D eigenvalue weighted by Gasteiger charge is -2.23. The van der Waals surface area contributed by atoms with Crippen LogP contribution in [0.3, 0.4) is 0 Å². The minimum atomic E-state index is -1.41. The van der Waals surface area contributed by atoms with Crippen LogP contribution in [-0.2, 0) is 15.1 Å². The monoisotopic (exact) mass is 435 g/mol. The highest BCUT2D eigenvalue weighted by Gasteiger charge is 2.49. The molecule has 158 valence electrons. The van der Waals surface area contributed by atoms with Crippen molar-refractivity contribution in [2.75, 3.05) is 26.1 Å². The molecule has 3 rings (SSSR count). The molecule has 0 saturated carbocycles. The molecule has 2 aromatic carbocycles. The van der Waals surface area contributed by atoms with Crippen LogP contribution >= 0.6 is 11.6 Å². The van der Waals surface area contributed by atoms with Crippen LogP contribution in [-0.4, -0.2) is 43.5 Å². The van der Waals surface area contributed by atoms with Crippen molar-refractivity contribution >= 4 is 35.1 Å². The number of methoxy groups -OCH3 is 2. The fourth-order valence-corrected chi connectivity index (χ4v) is 3.27. The number of hydrogen-bond donors (Lipinski definition) is 2. The minimum Gasteiger partial charge on any atom is -0.493 e. The van der Waals surface area contributed by atoms with Crippen LogP contribution in [0, 0.1) is 5.82 Å². The summed E-state index contributed by atoms with van der Waals surface area (Å²) in [7, 11) is 2.93. The number of amides is 4. The Morgan fingerprint density at radius 1 is 1.17 bits per heavy atom. The first-order valence-electron chi connectivity index (χ1n) is 8.81. The second-order valence-electron chi connectivity index (χ2n) is 6.69. The zero-order valence-electron chi connectivity index (χ0n) is 16.4. The largest absolute Gasteiger partial charge is 0.493 e. The summed E-state index contributed by atoms with van der Waals surface area (Å²) < 4.78 is 24.3. The third kappa shape index (κ3) is 3.88. The zero-order valence-corrected chi connectivity index (χ0v) is 17.2.